The molecule has 2 N–H and O–H groups in total. The Morgan fingerprint density at radius 2 is 2.00 bits per heavy atom. The molecule has 3 heteroatoms. The summed E-state index contributed by atoms with van der Waals surface area (Å²) in [5, 5.41) is 4.44. The van der Waals surface area contributed by atoms with Crippen LogP contribution in [-0.4, -0.2) is 9.78 Å². The van der Waals surface area contributed by atoms with Crippen molar-refractivity contribution in [2.75, 3.05) is 0 Å². The van der Waals surface area contributed by atoms with Crippen LogP contribution in [0.25, 0.3) is 0 Å². The molecule has 3 nitrogen and oxygen atoms in total. The molecule has 0 bridgehead atoms. The van der Waals surface area contributed by atoms with Crippen LogP contribution in [0.1, 0.15) is 36.2 Å². The minimum Gasteiger partial charge on any atom is -0.324 e. The Kier molecular flexibility index (Phi) is 4.15. The molecule has 96 valence electrons. The lowest BCUT2D eigenvalue weighted by molar-refractivity contribution is 0.645. The summed E-state index contributed by atoms with van der Waals surface area (Å²) < 4.78 is 1.86. The van der Waals surface area contributed by atoms with E-state index in [0.717, 1.165) is 25.0 Å². The largest absolute Gasteiger partial charge is 0.324 e. The fourth-order valence-electron chi connectivity index (χ4n) is 2.26. The highest BCUT2D eigenvalue weighted by atomic mass is 15.3. The number of nitrogens with two attached hydrogens (primary N) is 1. The predicted molar refractivity (Wildman–Crippen MR) is 74.3 cm³/mol. The van der Waals surface area contributed by atoms with Crippen LogP contribution in [0.3, 0.4) is 0 Å². The molecule has 0 radical (unpaired) electrons. The van der Waals surface area contributed by atoms with Crippen molar-refractivity contribution in [1.82, 2.24) is 9.78 Å². The maximum atomic E-state index is 6.28. The number of hydrogen-bond acceptors (Lipinski definition) is 2. The van der Waals surface area contributed by atoms with Crippen LogP contribution < -0.4 is 5.73 Å². The van der Waals surface area contributed by atoms with E-state index in [4.69, 9.17) is 5.73 Å². The summed E-state index contributed by atoms with van der Waals surface area (Å²) in [6, 6.07) is 10.6. The minimum absolute atomic E-state index is 0.0776. The topological polar surface area (TPSA) is 43.8 Å². The second kappa shape index (κ2) is 5.83. The summed E-state index contributed by atoms with van der Waals surface area (Å²) >= 11 is 0. The first kappa shape index (κ1) is 12.8. The van der Waals surface area contributed by atoms with E-state index in [2.05, 4.69) is 42.5 Å². The Morgan fingerprint density at radius 1 is 1.28 bits per heavy atom. The molecule has 0 aliphatic heterocycles. The molecule has 1 atom stereocenters. The zero-order valence-corrected chi connectivity index (χ0v) is 11.1. The van der Waals surface area contributed by atoms with Crippen LogP contribution in [0.4, 0.5) is 0 Å². The molecular formula is C15H21N3. The molecule has 0 fully saturated rings. The van der Waals surface area contributed by atoms with Crippen LogP contribution in [0.15, 0.2) is 36.5 Å². The molecule has 1 aromatic heterocycles. The number of benzene rings is 1. The van der Waals surface area contributed by atoms with Gasteiger partial charge >= 0.3 is 0 Å². The Labute approximate surface area is 109 Å². The highest BCUT2D eigenvalue weighted by Gasteiger charge is 2.13. The second-order valence-corrected chi connectivity index (χ2v) is 4.69. The van der Waals surface area contributed by atoms with Gasteiger partial charge in [-0.1, -0.05) is 37.3 Å². The maximum absolute atomic E-state index is 6.28. The van der Waals surface area contributed by atoms with Gasteiger partial charge in [-0.25, -0.2) is 0 Å². The standard InChI is InChI=1S/C15H21N3/c1-3-15-13(11-18(2)17-15)14(16)10-9-12-7-5-4-6-8-12/h4-8,11,14H,3,9-10,16H2,1-2H3. The first-order chi connectivity index (χ1) is 8.70. The monoisotopic (exact) mass is 243 g/mol. The van der Waals surface area contributed by atoms with Crippen molar-refractivity contribution in [3.05, 3.63) is 53.3 Å². The van der Waals surface area contributed by atoms with E-state index >= 15 is 0 Å². The first-order valence-electron chi connectivity index (χ1n) is 6.52. The summed E-state index contributed by atoms with van der Waals surface area (Å²) in [6.45, 7) is 2.12. The van der Waals surface area contributed by atoms with Crippen molar-refractivity contribution in [2.45, 2.75) is 32.2 Å². The molecule has 0 spiro atoms. The minimum atomic E-state index is 0.0776. The van der Waals surface area contributed by atoms with Gasteiger partial charge in [0.15, 0.2) is 0 Å². The average molecular weight is 243 g/mol. The predicted octanol–water partition coefficient (Wildman–Crippen LogP) is 2.62. The van der Waals surface area contributed by atoms with Gasteiger partial charge in [-0.2, -0.15) is 5.10 Å². The summed E-state index contributed by atoms with van der Waals surface area (Å²) in [5.41, 5.74) is 9.94. The van der Waals surface area contributed by atoms with E-state index in [-0.39, 0.29) is 6.04 Å². The number of hydrogen-bond donors (Lipinski definition) is 1. The molecule has 0 saturated carbocycles. The summed E-state index contributed by atoms with van der Waals surface area (Å²) in [6.07, 6.45) is 4.96. The van der Waals surface area contributed by atoms with Crippen molar-refractivity contribution in [3.8, 4) is 0 Å². The zero-order chi connectivity index (χ0) is 13.0. The van der Waals surface area contributed by atoms with Crippen LogP contribution in [0.2, 0.25) is 0 Å². The van der Waals surface area contributed by atoms with Gasteiger partial charge in [-0.05, 0) is 24.8 Å². The number of rotatable bonds is 5. The van der Waals surface area contributed by atoms with Gasteiger partial charge in [0, 0.05) is 24.8 Å². The Hall–Kier alpha value is -1.61. The fraction of sp³-hybridized carbons (Fsp3) is 0.400. The van der Waals surface area contributed by atoms with Gasteiger partial charge in [0.1, 0.15) is 0 Å². The smallest absolute Gasteiger partial charge is 0.0669 e. The average Bonchev–Trinajstić information content (AvgIpc) is 2.78. The third kappa shape index (κ3) is 2.99. The van der Waals surface area contributed by atoms with Crippen molar-refractivity contribution >= 4 is 0 Å². The third-order valence-electron chi connectivity index (χ3n) is 3.26. The summed E-state index contributed by atoms with van der Waals surface area (Å²) in [7, 11) is 1.95. The molecular weight excluding hydrogens is 222 g/mol. The van der Waals surface area contributed by atoms with Gasteiger partial charge in [0.05, 0.1) is 5.69 Å². The van der Waals surface area contributed by atoms with Crippen molar-refractivity contribution in [3.63, 3.8) is 0 Å². The molecule has 1 unspecified atom stereocenters. The SMILES string of the molecule is CCc1nn(C)cc1C(N)CCc1ccccc1. The number of aromatic nitrogens is 2. The van der Waals surface area contributed by atoms with Gasteiger partial charge in [-0.3, -0.25) is 4.68 Å². The summed E-state index contributed by atoms with van der Waals surface area (Å²) in [4.78, 5) is 0. The molecule has 1 heterocycles. The van der Waals surface area contributed by atoms with Gasteiger partial charge in [0.25, 0.3) is 0 Å². The van der Waals surface area contributed by atoms with Crippen molar-refractivity contribution in [1.29, 1.82) is 0 Å². The normalized spacial score (nSPS) is 12.6. The Bertz CT molecular complexity index is 488. The molecule has 2 aromatic rings. The lowest BCUT2D eigenvalue weighted by atomic mass is 9.99. The number of nitrogens with zero attached hydrogens (tertiary/aromatic N) is 2. The van der Waals surface area contributed by atoms with Crippen LogP contribution in [-0.2, 0) is 19.9 Å². The van der Waals surface area contributed by atoms with Crippen LogP contribution in [0, 0.1) is 0 Å². The van der Waals surface area contributed by atoms with Crippen molar-refractivity contribution < 1.29 is 0 Å². The fourth-order valence-corrected chi connectivity index (χ4v) is 2.26. The van der Waals surface area contributed by atoms with E-state index in [9.17, 15) is 0 Å². The van der Waals surface area contributed by atoms with Crippen LogP contribution in [0.5, 0.6) is 0 Å². The lowest BCUT2D eigenvalue weighted by Gasteiger charge is -2.11. The van der Waals surface area contributed by atoms with E-state index < -0.39 is 0 Å². The van der Waals surface area contributed by atoms with Gasteiger partial charge < -0.3 is 5.73 Å². The molecule has 0 amide bonds. The third-order valence-corrected chi connectivity index (χ3v) is 3.26. The highest BCUT2D eigenvalue weighted by molar-refractivity contribution is 5.22. The Balaban J connectivity index is 2.01. The van der Waals surface area contributed by atoms with E-state index in [1.165, 1.54) is 11.1 Å². The molecule has 18 heavy (non-hydrogen) atoms. The lowest BCUT2D eigenvalue weighted by Crippen LogP contribution is -2.12. The van der Waals surface area contributed by atoms with E-state index in [1.807, 2.05) is 17.8 Å². The van der Waals surface area contributed by atoms with E-state index in [0.29, 0.717) is 0 Å². The maximum Gasteiger partial charge on any atom is 0.0669 e. The molecule has 2 rings (SSSR count). The first-order valence-corrected chi connectivity index (χ1v) is 6.52. The molecule has 1 aromatic carbocycles. The molecule has 0 saturated heterocycles. The second-order valence-electron chi connectivity index (χ2n) is 4.69. The number of aryl methyl sites for hydroxylation is 3. The van der Waals surface area contributed by atoms with E-state index in [1.54, 1.807) is 0 Å². The highest BCUT2D eigenvalue weighted by Crippen LogP contribution is 2.20. The Morgan fingerprint density at radius 3 is 2.67 bits per heavy atom. The van der Waals surface area contributed by atoms with Gasteiger partial charge in [-0.15, -0.1) is 0 Å². The zero-order valence-electron chi connectivity index (χ0n) is 11.1. The van der Waals surface area contributed by atoms with Crippen molar-refractivity contribution in [2.24, 2.45) is 12.8 Å². The quantitative estimate of drug-likeness (QED) is 0.877. The summed E-state index contributed by atoms with van der Waals surface area (Å²) in [5.74, 6) is 0. The van der Waals surface area contributed by atoms with Crippen LogP contribution >= 0.6 is 0 Å². The molecule has 0 aliphatic rings. The van der Waals surface area contributed by atoms with Gasteiger partial charge in [0.2, 0.25) is 0 Å². The molecule has 0 aliphatic carbocycles.